The molecule has 0 atom stereocenters. The Labute approximate surface area is 109 Å². The van der Waals surface area contributed by atoms with Crippen LogP contribution in [0, 0.1) is 0 Å². The average molecular weight is 243 g/mol. The molecule has 0 amide bonds. The van der Waals surface area contributed by atoms with E-state index in [1.54, 1.807) is 0 Å². The smallest absolute Gasteiger partial charge is 0.0767 e. The Morgan fingerprint density at radius 3 is 2.56 bits per heavy atom. The predicted octanol–water partition coefficient (Wildman–Crippen LogP) is 3.15. The highest BCUT2D eigenvalue weighted by Crippen LogP contribution is 2.10. The third kappa shape index (κ3) is 3.20. The van der Waals surface area contributed by atoms with Gasteiger partial charge in [-0.15, -0.1) is 0 Å². The zero-order valence-corrected chi connectivity index (χ0v) is 11.4. The Kier molecular flexibility index (Phi) is 3.82. The van der Waals surface area contributed by atoms with Crippen molar-refractivity contribution in [2.75, 3.05) is 0 Å². The molecule has 3 nitrogen and oxygen atoms in total. The van der Waals surface area contributed by atoms with Crippen molar-refractivity contribution in [1.82, 2.24) is 15.1 Å². The van der Waals surface area contributed by atoms with Crippen LogP contribution in [0.5, 0.6) is 0 Å². The van der Waals surface area contributed by atoms with Crippen LogP contribution in [0.4, 0.5) is 0 Å². The summed E-state index contributed by atoms with van der Waals surface area (Å²) in [5.74, 6) is 0. The first kappa shape index (κ1) is 12.8. The van der Waals surface area contributed by atoms with Crippen LogP contribution in [0.3, 0.4) is 0 Å². The van der Waals surface area contributed by atoms with Gasteiger partial charge in [0, 0.05) is 18.3 Å². The van der Waals surface area contributed by atoms with E-state index < -0.39 is 0 Å². The van der Waals surface area contributed by atoms with Crippen molar-refractivity contribution in [3.05, 3.63) is 48.3 Å². The largest absolute Gasteiger partial charge is 0.306 e. The number of para-hydroxylation sites is 1. The van der Waals surface area contributed by atoms with Gasteiger partial charge in [0.05, 0.1) is 11.4 Å². The van der Waals surface area contributed by atoms with Crippen LogP contribution in [-0.4, -0.2) is 15.3 Å². The Hall–Kier alpha value is -1.61. The van der Waals surface area contributed by atoms with Crippen LogP contribution in [0.1, 0.15) is 32.9 Å². The van der Waals surface area contributed by atoms with Crippen molar-refractivity contribution in [3.63, 3.8) is 0 Å². The molecule has 1 heterocycles. The number of nitrogens with zero attached hydrogens (tertiary/aromatic N) is 2. The molecule has 0 radical (unpaired) electrons. The average Bonchev–Trinajstić information content (AvgIpc) is 2.86. The van der Waals surface area contributed by atoms with E-state index in [1.165, 1.54) is 0 Å². The first-order valence-electron chi connectivity index (χ1n) is 6.46. The van der Waals surface area contributed by atoms with E-state index in [0.717, 1.165) is 24.3 Å². The van der Waals surface area contributed by atoms with E-state index in [9.17, 15) is 0 Å². The molecule has 0 saturated heterocycles. The minimum atomic E-state index is 0.163. The summed E-state index contributed by atoms with van der Waals surface area (Å²) in [5, 5.41) is 8.09. The van der Waals surface area contributed by atoms with Gasteiger partial charge in [-0.2, -0.15) is 5.10 Å². The summed E-state index contributed by atoms with van der Waals surface area (Å²) in [6, 6.07) is 12.2. The summed E-state index contributed by atoms with van der Waals surface area (Å²) in [4.78, 5) is 0. The lowest BCUT2D eigenvalue weighted by Gasteiger charge is -2.23. The topological polar surface area (TPSA) is 29.9 Å². The summed E-state index contributed by atoms with van der Waals surface area (Å²) < 4.78 is 1.91. The van der Waals surface area contributed by atoms with E-state index in [-0.39, 0.29) is 5.54 Å². The summed E-state index contributed by atoms with van der Waals surface area (Å²) in [6.45, 7) is 7.42. The first-order chi connectivity index (χ1) is 8.61. The maximum atomic E-state index is 4.57. The van der Waals surface area contributed by atoms with Gasteiger partial charge >= 0.3 is 0 Å². The van der Waals surface area contributed by atoms with Gasteiger partial charge in [-0.3, -0.25) is 0 Å². The van der Waals surface area contributed by atoms with Gasteiger partial charge < -0.3 is 5.32 Å². The lowest BCUT2D eigenvalue weighted by molar-refractivity contribution is 0.372. The minimum absolute atomic E-state index is 0.163. The van der Waals surface area contributed by atoms with E-state index >= 15 is 0 Å². The normalized spacial score (nSPS) is 11.7. The fraction of sp³-hybridized carbons (Fsp3) is 0.400. The molecule has 0 aliphatic rings. The Balaban J connectivity index is 2.03. The highest BCUT2D eigenvalue weighted by Gasteiger charge is 2.14. The summed E-state index contributed by atoms with van der Waals surface area (Å²) in [7, 11) is 0. The van der Waals surface area contributed by atoms with Gasteiger partial charge in [-0.1, -0.05) is 25.1 Å². The standard InChI is InChI=1S/C15H21N3/c1-4-15(2,3)16-12-13-10-11-18(17-13)14-8-6-5-7-9-14/h5-11,16H,4,12H2,1-3H3. The van der Waals surface area contributed by atoms with Crippen molar-refractivity contribution in [1.29, 1.82) is 0 Å². The van der Waals surface area contributed by atoms with Crippen molar-refractivity contribution in [2.24, 2.45) is 0 Å². The van der Waals surface area contributed by atoms with Crippen molar-refractivity contribution >= 4 is 0 Å². The summed E-state index contributed by atoms with van der Waals surface area (Å²) >= 11 is 0. The molecule has 2 aromatic rings. The minimum Gasteiger partial charge on any atom is -0.306 e. The molecule has 2 rings (SSSR count). The van der Waals surface area contributed by atoms with Gasteiger partial charge in [0.1, 0.15) is 0 Å². The summed E-state index contributed by atoms with van der Waals surface area (Å²) in [5.41, 5.74) is 2.33. The molecular weight excluding hydrogens is 222 g/mol. The first-order valence-corrected chi connectivity index (χ1v) is 6.46. The van der Waals surface area contributed by atoms with Crippen LogP contribution in [-0.2, 0) is 6.54 Å². The molecule has 0 aliphatic carbocycles. The van der Waals surface area contributed by atoms with Gasteiger partial charge in [0.25, 0.3) is 0 Å². The fourth-order valence-electron chi connectivity index (χ4n) is 1.64. The van der Waals surface area contributed by atoms with Crippen molar-refractivity contribution in [3.8, 4) is 5.69 Å². The molecule has 3 heteroatoms. The molecule has 0 aliphatic heterocycles. The fourth-order valence-corrected chi connectivity index (χ4v) is 1.64. The zero-order chi connectivity index (χ0) is 13.0. The number of nitrogens with one attached hydrogen (secondary N) is 1. The molecule has 18 heavy (non-hydrogen) atoms. The molecule has 0 saturated carbocycles. The van der Waals surface area contributed by atoms with Crippen LogP contribution in [0.15, 0.2) is 42.6 Å². The number of rotatable bonds is 5. The van der Waals surface area contributed by atoms with Gasteiger partial charge in [-0.25, -0.2) is 4.68 Å². The van der Waals surface area contributed by atoms with E-state index in [0.29, 0.717) is 0 Å². The molecule has 0 fully saturated rings. The quantitative estimate of drug-likeness (QED) is 0.874. The molecule has 0 bridgehead atoms. The van der Waals surface area contributed by atoms with E-state index in [2.05, 4.69) is 49.4 Å². The highest BCUT2D eigenvalue weighted by atomic mass is 15.3. The monoisotopic (exact) mass is 243 g/mol. The number of benzene rings is 1. The molecule has 1 N–H and O–H groups in total. The maximum absolute atomic E-state index is 4.57. The Morgan fingerprint density at radius 1 is 1.17 bits per heavy atom. The van der Waals surface area contributed by atoms with Crippen molar-refractivity contribution < 1.29 is 0 Å². The predicted molar refractivity (Wildman–Crippen MR) is 74.8 cm³/mol. The van der Waals surface area contributed by atoms with Crippen LogP contribution in [0.25, 0.3) is 5.69 Å². The molecule has 1 aromatic carbocycles. The molecule has 0 spiro atoms. The van der Waals surface area contributed by atoms with E-state index in [4.69, 9.17) is 0 Å². The van der Waals surface area contributed by atoms with Crippen LogP contribution >= 0.6 is 0 Å². The van der Waals surface area contributed by atoms with Gasteiger partial charge in [-0.05, 0) is 38.5 Å². The lowest BCUT2D eigenvalue weighted by atomic mass is 10.0. The second-order valence-corrected chi connectivity index (χ2v) is 5.18. The molecule has 1 aromatic heterocycles. The molecule has 0 unspecified atom stereocenters. The Bertz CT molecular complexity index is 485. The summed E-state index contributed by atoms with van der Waals surface area (Å²) in [6.07, 6.45) is 3.11. The van der Waals surface area contributed by atoms with Crippen molar-refractivity contribution in [2.45, 2.75) is 39.3 Å². The molecular formula is C15H21N3. The SMILES string of the molecule is CCC(C)(C)NCc1ccn(-c2ccccc2)n1. The van der Waals surface area contributed by atoms with Gasteiger partial charge in [0.15, 0.2) is 0 Å². The number of hydrogen-bond acceptors (Lipinski definition) is 2. The van der Waals surface area contributed by atoms with Gasteiger partial charge in [0.2, 0.25) is 0 Å². The number of aromatic nitrogens is 2. The van der Waals surface area contributed by atoms with Crippen LogP contribution < -0.4 is 5.32 Å². The maximum Gasteiger partial charge on any atom is 0.0767 e. The third-order valence-electron chi connectivity index (χ3n) is 3.30. The Morgan fingerprint density at radius 2 is 1.89 bits per heavy atom. The van der Waals surface area contributed by atoms with E-state index in [1.807, 2.05) is 29.1 Å². The number of hydrogen-bond donors (Lipinski definition) is 1. The molecule has 96 valence electrons. The van der Waals surface area contributed by atoms with Crippen LogP contribution in [0.2, 0.25) is 0 Å². The zero-order valence-electron chi connectivity index (χ0n) is 11.4. The second kappa shape index (κ2) is 5.36. The highest BCUT2D eigenvalue weighted by molar-refractivity contribution is 5.30. The lowest BCUT2D eigenvalue weighted by Crippen LogP contribution is -2.37. The third-order valence-corrected chi connectivity index (χ3v) is 3.30. The second-order valence-electron chi connectivity index (χ2n) is 5.18.